The number of nitrogens with two attached hydrogens (primary N) is 1. The van der Waals surface area contributed by atoms with Gasteiger partial charge in [0.05, 0.1) is 13.1 Å². The average Bonchev–Trinajstić information content (AvgIpc) is 2.07. The lowest BCUT2D eigenvalue weighted by atomic mass is 10.4. The van der Waals surface area contributed by atoms with Gasteiger partial charge in [-0.3, -0.25) is 11.5 Å². The maximum Gasteiger partial charge on any atom is 0.576 e. The van der Waals surface area contributed by atoms with E-state index in [0.717, 1.165) is 0 Å². The molecule has 1 nitrogen and oxygen atoms in total. The molecular weight excluding hydrogens is 165 g/mol. The maximum atomic E-state index is 10.2. The monoisotopic (exact) mass is 175 g/mol. The van der Waals surface area contributed by atoms with Crippen LogP contribution in [-0.2, 0) is 0 Å². The minimum atomic E-state index is -5.03. The molecule has 1 heterocycles. The van der Waals surface area contributed by atoms with E-state index in [1.54, 1.807) is 0 Å². The van der Waals surface area contributed by atoms with Crippen LogP contribution >= 0.6 is 11.5 Å². The summed E-state index contributed by atoms with van der Waals surface area (Å²) in [5.74, 6) is 0. The highest BCUT2D eigenvalue weighted by Crippen LogP contribution is 2.11. The van der Waals surface area contributed by atoms with Gasteiger partial charge >= 0.3 is 6.39 Å². The first-order valence-electron chi connectivity index (χ1n) is 3.19. The number of halogens is 4. The van der Waals surface area contributed by atoms with Crippen LogP contribution in [0.3, 0.4) is 0 Å². The maximum absolute atomic E-state index is 10.2. The quantitative estimate of drug-likeness (QED) is 0.527. The van der Waals surface area contributed by atoms with Gasteiger partial charge in [-0.2, -0.15) is 0 Å². The molecule has 1 aliphatic heterocycles. The van der Waals surface area contributed by atoms with Crippen molar-refractivity contribution in [2.24, 2.45) is 0 Å². The van der Waals surface area contributed by atoms with Crippen molar-refractivity contribution >= 4 is 17.9 Å². The predicted octanol–water partition coefficient (Wildman–Crippen LogP) is 0.913. The van der Waals surface area contributed by atoms with Crippen LogP contribution < -0.4 is 5.32 Å². The second kappa shape index (κ2) is 4.85. The van der Waals surface area contributed by atoms with E-state index >= 15 is 0 Å². The summed E-state index contributed by atoms with van der Waals surface area (Å²) >= 11 is 3.59. The summed E-state index contributed by atoms with van der Waals surface area (Å²) < 4.78 is 30.5. The summed E-state index contributed by atoms with van der Waals surface area (Å²) in [7, 11) is 0. The Balaban J connectivity index is 0.000000162. The fourth-order valence-electron chi connectivity index (χ4n) is 0.722. The van der Waals surface area contributed by atoms with Crippen LogP contribution in [0.1, 0.15) is 12.8 Å². The minimum absolute atomic E-state index is 1.38. The zero-order chi connectivity index (χ0) is 8.04. The molecule has 0 aromatic rings. The Morgan fingerprint density at radius 1 is 1.10 bits per heavy atom. The zero-order valence-electron chi connectivity index (χ0n) is 5.49. The average molecular weight is 175 g/mol. The highest BCUT2D eigenvalue weighted by Gasteiger charge is 2.15. The molecule has 0 radical (unpaired) electrons. The molecule has 0 bridgehead atoms. The first kappa shape index (κ1) is 10.1. The molecule has 10 heavy (non-hydrogen) atoms. The van der Waals surface area contributed by atoms with Gasteiger partial charge in [0.2, 0.25) is 0 Å². The van der Waals surface area contributed by atoms with Crippen LogP contribution in [0.25, 0.3) is 0 Å². The Kier molecular flexibility index (Phi) is 4.90. The van der Waals surface area contributed by atoms with Gasteiger partial charge in [0, 0.05) is 12.8 Å². The molecule has 1 aliphatic rings. The van der Waals surface area contributed by atoms with Gasteiger partial charge in [0.25, 0.3) is 0 Å². The molecule has 6 heteroatoms. The van der Waals surface area contributed by atoms with Crippen molar-refractivity contribution < 1.29 is 18.3 Å². The smallest absolute Gasteiger partial charge is 0.435 e. The van der Waals surface area contributed by atoms with Crippen LogP contribution in [-0.4, -0.2) is 19.5 Å². The van der Waals surface area contributed by atoms with Gasteiger partial charge in [-0.1, -0.05) is 0 Å². The minimum Gasteiger partial charge on any atom is -0.435 e. The van der Waals surface area contributed by atoms with Crippen LogP contribution in [0.15, 0.2) is 0 Å². The molecule has 0 atom stereocenters. The molecule has 62 valence electrons. The van der Waals surface area contributed by atoms with Crippen molar-refractivity contribution in [2.45, 2.75) is 12.8 Å². The summed E-state index contributed by atoms with van der Waals surface area (Å²) in [6.07, 6.45) is -2.14. The normalized spacial score (nSPS) is 18.0. The molecule has 0 aromatic heterocycles. The van der Waals surface area contributed by atoms with Gasteiger partial charge in [-0.25, -0.2) is 0 Å². The Labute approximate surface area is 62.9 Å². The van der Waals surface area contributed by atoms with Gasteiger partial charge in [0.1, 0.15) is 0 Å². The fourth-order valence-corrected chi connectivity index (χ4v) is 0.722. The summed E-state index contributed by atoms with van der Waals surface area (Å²) in [4.78, 5) is 0. The van der Waals surface area contributed by atoms with E-state index < -0.39 is 6.39 Å². The van der Waals surface area contributed by atoms with Crippen LogP contribution in [0.4, 0.5) is 12.9 Å². The highest BCUT2D eigenvalue weighted by atomic mass is 35.5. The van der Waals surface area contributed by atoms with Crippen LogP contribution in [0.5, 0.6) is 0 Å². The largest absolute Gasteiger partial charge is 0.576 e. The summed E-state index contributed by atoms with van der Waals surface area (Å²) in [6.45, 7) is 2.75. The zero-order valence-corrected chi connectivity index (χ0v) is 6.25. The van der Waals surface area contributed by atoms with Crippen molar-refractivity contribution in [3.8, 4) is 0 Å². The van der Waals surface area contributed by atoms with Crippen molar-refractivity contribution in [2.75, 3.05) is 13.1 Å². The molecular formula is C4H10BClF3N. The van der Waals surface area contributed by atoms with E-state index in [9.17, 15) is 12.9 Å². The van der Waals surface area contributed by atoms with E-state index in [1.807, 2.05) is 0 Å². The second-order valence-electron chi connectivity index (χ2n) is 2.07. The number of rotatable bonds is 0. The van der Waals surface area contributed by atoms with Gasteiger partial charge in [0.15, 0.2) is 0 Å². The van der Waals surface area contributed by atoms with E-state index in [4.69, 9.17) is 0 Å². The molecule has 2 N–H and O–H groups in total. The standard InChI is InChI=1S/C4H9N.BClF3/c1-2-4-5-3-1;2-1(3,4)5/h5H,1-4H2;/q;-1/p+1. The predicted molar refractivity (Wildman–Crippen MR) is 35.8 cm³/mol. The SMILES string of the molecule is C1CC[NH2+]C1.F[B-](F)(F)Cl. The Morgan fingerprint density at radius 2 is 1.40 bits per heavy atom. The lowest BCUT2D eigenvalue weighted by Crippen LogP contribution is -2.80. The third-order valence-electron chi connectivity index (χ3n) is 1.07. The van der Waals surface area contributed by atoms with Crippen molar-refractivity contribution in [3.05, 3.63) is 0 Å². The first-order chi connectivity index (χ1) is 4.50. The lowest BCUT2D eigenvalue weighted by molar-refractivity contribution is -0.635. The Bertz CT molecular complexity index is 69.5. The van der Waals surface area contributed by atoms with Crippen molar-refractivity contribution in [3.63, 3.8) is 0 Å². The fraction of sp³-hybridized carbons (Fsp3) is 1.00. The van der Waals surface area contributed by atoms with Crippen molar-refractivity contribution in [1.29, 1.82) is 0 Å². The number of hydrogen-bond donors (Lipinski definition) is 1. The Morgan fingerprint density at radius 3 is 1.50 bits per heavy atom. The number of hydrogen-bond acceptors (Lipinski definition) is 0. The molecule has 0 aliphatic carbocycles. The van der Waals surface area contributed by atoms with E-state index in [1.165, 1.54) is 25.9 Å². The molecule has 0 aromatic carbocycles. The molecule has 0 spiro atoms. The third kappa shape index (κ3) is 15.7. The van der Waals surface area contributed by atoms with Crippen LogP contribution in [0, 0.1) is 0 Å². The third-order valence-corrected chi connectivity index (χ3v) is 1.07. The van der Waals surface area contributed by atoms with E-state index in [2.05, 4.69) is 16.8 Å². The summed E-state index contributed by atoms with van der Waals surface area (Å²) in [5, 5.41) is 2.36. The highest BCUT2D eigenvalue weighted by molar-refractivity contribution is 7.08. The van der Waals surface area contributed by atoms with E-state index in [-0.39, 0.29) is 0 Å². The Hall–Kier alpha value is 0.105. The second-order valence-corrected chi connectivity index (χ2v) is 2.56. The van der Waals surface area contributed by atoms with Crippen molar-refractivity contribution in [1.82, 2.24) is 0 Å². The first-order valence-corrected chi connectivity index (χ1v) is 3.63. The van der Waals surface area contributed by atoms with Gasteiger partial charge in [-0.05, 0) is 0 Å². The lowest BCUT2D eigenvalue weighted by Gasteiger charge is -1.97. The molecule has 0 amide bonds. The van der Waals surface area contributed by atoms with Gasteiger partial charge in [-0.15, -0.1) is 0 Å². The number of quaternary nitrogens is 1. The van der Waals surface area contributed by atoms with Crippen LogP contribution in [0.2, 0.25) is 0 Å². The van der Waals surface area contributed by atoms with E-state index in [0.29, 0.717) is 0 Å². The molecule has 0 saturated carbocycles. The topological polar surface area (TPSA) is 16.6 Å². The summed E-state index contributed by atoms with van der Waals surface area (Å²) in [6, 6.07) is 0. The summed E-state index contributed by atoms with van der Waals surface area (Å²) in [5.41, 5.74) is 0. The molecule has 1 saturated heterocycles. The van der Waals surface area contributed by atoms with Gasteiger partial charge < -0.3 is 18.3 Å². The molecule has 1 rings (SSSR count). The molecule has 1 fully saturated rings. The molecule has 0 unspecified atom stereocenters.